The van der Waals surface area contributed by atoms with Crippen molar-refractivity contribution in [2.75, 3.05) is 7.05 Å². The number of hydrogen-bond acceptors (Lipinski definition) is 5. The summed E-state index contributed by atoms with van der Waals surface area (Å²) in [7, 11) is 2.01. The van der Waals surface area contributed by atoms with Gasteiger partial charge in [0.2, 0.25) is 5.89 Å². The summed E-state index contributed by atoms with van der Waals surface area (Å²) < 4.78 is 5.49. The van der Waals surface area contributed by atoms with Crippen LogP contribution in [0.15, 0.2) is 29.0 Å². The molecule has 1 saturated carbocycles. The van der Waals surface area contributed by atoms with Gasteiger partial charge in [-0.2, -0.15) is 4.98 Å². The molecule has 20 heavy (non-hydrogen) atoms. The van der Waals surface area contributed by atoms with Gasteiger partial charge in [-0.3, -0.25) is 4.98 Å². The third-order valence-corrected chi connectivity index (χ3v) is 4.05. The SMILES string of the molecule is CNC1CCCCC1c1nc(Cc2ccncc2)no1. The first-order chi connectivity index (χ1) is 9.86. The number of aromatic nitrogens is 3. The number of pyridine rings is 1. The lowest BCUT2D eigenvalue weighted by Gasteiger charge is -2.28. The smallest absolute Gasteiger partial charge is 0.231 e. The Morgan fingerprint density at radius 1 is 1.25 bits per heavy atom. The lowest BCUT2D eigenvalue weighted by Crippen LogP contribution is -2.34. The van der Waals surface area contributed by atoms with Gasteiger partial charge < -0.3 is 9.84 Å². The predicted octanol–water partition coefficient (Wildman–Crippen LogP) is 2.30. The first-order valence-electron chi connectivity index (χ1n) is 7.25. The number of nitrogens with one attached hydrogen (secondary N) is 1. The fourth-order valence-corrected chi connectivity index (χ4v) is 2.95. The number of nitrogens with zero attached hydrogens (tertiary/aromatic N) is 3. The second-order valence-corrected chi connectivity index (χ2v) is 5.37. The van der Waals surface area contributed by atoms with Crippen molar-refractivity contribution in [1.82, 2.24) is 20.4 Å². The molecule has 1 aliphatic rings. The van der Waals surface area contributed by atoms with E-state index in [1.54, 1.807) is 12.4 Å². The van der Waals surface area contributed by atoms with Gasteiger partial charge in [-0.1, -0.05) is 18.0 Å². The van der Waals surface area contributed by atoms with Crippen LogP contribution in [0.3, 0.4) is 0 Å². The van der Waals surface area contributed by atoms with Crippen molar-refractivity contribution in [2.45, 2.75) is 44.1 Å². The van der Waals surface area contributed by atoms with E-state index in [9.17, 15) is 0 Å². The summed E-state index contributed by atoms with van der Waals surface area (Å²) in [5, 5.41) is 7.50. The first kappa shape index (κ1) is 13.2. The van der Waals surface area contributed by atoms with Crippen LogP contribution in [0.1, 0.15) is 48.9 Å². The fraction of sp³-hybridized carbons (Fsp3) is 0.533. The van der Waals surface area contributed by atoms with Crippen molar-refractivity contribution in [2.24, 2.45) is 0 Å². The highest BCUT2D eigenvalue weighted by molar-refractivity contribution is 5.15. The molecule has 0 amide bonds. The molecule has 0 bridgehead atoms. The third-order valence-electron chi connectivity index (χ3n) is 4.05. The highest BCUT2D eigenvalue weighted by Gasteiger charge is 2.29. The van der Waals surface area contributed by atoms with Crippen molar-refractivity contribution in [3.05, 3.63) is 41.8 Å². The summed E-state index contributed by atoms with van der Waals surface area (Å²) in [6.45, 7) is 0. The van der Waals surface area contributed by atoms with Crippen LogP contribution in [-0.4, -0.2) is 28.2 Å². The molecular formula is C15H20N4O. The number of rotatable bonds is 4. The van der Waals surface area contributed by atoms with Crippen molar-refractivity contribution in [3.8, 4) is 0 Å². The summed E-state index contributed by atoms with van der Waals surface area (Å²) in [6, 6.07) is 4.41. The zero-order valence-corrected chi connectivity index (χ0v) is 11.7. The predicted molar refractivity (Wildman–Crippen MR) is 75.4 cm³/mol. The quantitative estimate of drug-likeness (QED) is 0.925. The van der Waals surface area contributed by atoms with Crippen LogP contribution < -0.4 is 5.32 Å². The standard InChI is InChI=1S/C15H20N4O/c1-16-13-5-3-2-4-12(13)15-18-14(19-20-15)10-11-6-8-17-9-7-11/h6-9,12-13,16H,2-5,10H2,1H3. The minimum Gasteiger partial charge on any atom is -0.339 e. The Labute approximate surface area is 118 Å². The molecule has 1 N–H and O–H groups in total. The van der Waals surface area contributed by atoms with Crippen LogP contribution in [0.5, 0.6) is 0 Å². The van der Waals surface area contributed by atoms with Crippen molar-refractivity contribution in [3.63, 3.8) is 0 Å². The molecule has 106 valence electrons. The highest BCUT2D eigenvalue weighted by atomic mass is 16.5. The first-order valence-corrected chi connectivity index (χ1v) is 7.25. The average Bonchev–Trinajstić information content (AvgIpc) is 2.96. The molecule has 2 atom stereocenters. The van der Waals surface area contributed by atoms with Gasteiger partial charge in [0.15, 0.2) is 5.82 Å². The normalized spacial score (nSPS) is 22.9. The van der Waals surface area contributed by atoms with Crippen molar-refractivity contribution < 1.29 is 4.52 Å². The van der Waals surface area contributed by atoms with Crippen LogP contribution in [0.4, 0.5) is 0 Å². The van der Waals surface area contributed by atoms with Crippen molar-refractivity contribution in [1.29, 1.82) is 0 Å². The molecule has 0 saturated heterocycles. The molecule has 5 heteroatoms. The van der Waals surface area contributed by atoms with Gasteiger partial charge in [-0.15, -0.1) is 0 Å². The Kier molecular flexibility index (Phi) is 4.06. The van der Waals surface area contributed by atoms with E-state index in [1.807, 2.05) is 19.2 Å². The largest absolute Gasteiger partial charge is 0.339 e. The van der Waals surface area contributed by atoms with Gasteiger partial charge >= 0.3 is 0 Å². The Hall–Kier alpha value is -1.75. The minimum atomic E-state index is 0.354. The maximum absolute atomic E-state index is 5.49. The van der Waals surface area contributed by atoms with E-state index in [-0.39, 0.29) is 0 Å². The molecule has 0 aromatic carbocycles. The molecule has 1 fully saturated rings. The van der Waals surface area contributed by atoms with Gasteiger partial charge in [0.1, 0.15) is 0 Å². The summed E-state index contributed by atoms with van der Waals surface area (Å²) in [6.07, 6.45) is 9.10. The monoisotopic (exact) mass is 272 g/mol. The summed E-state index contributed by atoms with van der Waals surface area (Å²) in [5.41, 5.74) is 1.15. The molecule has 0 spiro atoms. The molecule has 3 rings (SSSR count). The number of likely N-dealkylation sites (N-methyl/N-ethyl adjacent to an activating group) is 1. The second kappa shape index (κ2) is 6.13. The molecule has 2 aromatic rings. The van der Waals surface area contributed by atoms with Gasteiger partial charge in [-0.25, -0.2) is 0 Å². The van der Waals surface area contributed by atoms with Crippen LogP contribution in [0.25, 0.3) is 0 Å². The van der Waals surface area contributed by atoms with E-state index in [4.69, 9.17) is 4.52 Å². The molecule has 2 unspecified atom stereocenters. The van der Waals surface area contributed by atoms with E-state index >= 15 is 0 Å². The highest BCUT2D eigenvalue weighted by Crippen LogP contribution is 2.32. The molecule has 2 aromatic heterocycles. The van der Waals surface area contributed by atoms with Gasteiger partial charge in [0.25, 0.3) is 0 Å². The lowest BCUT2D eigenvalue weighted by molar-refractivity contribution is 0.269. The molecule has 0 aliphatic heterocycles. The van der Waals surface area contributed by atoms with Gasteiger partial charge in [0.05, 0.1) is 5.92 Å². The van der Waals surface area contributed by atoms with Crippen LogP contribution in [0.2, 0.25) is 0 Å². The van der Waals surface area contributed by atoms with E-state index < -0.39 is 0 Å². The Bertz CT molecular complexity index is 540. The van der Waals surface area contributed by atoms with E-state index in [1.165, 1.54) is 19.3 Å². The lowest BCUT2D eigenvalue weighted by atomic mass is 9.84. The molecule has 5 nitrogen and oxygen atoms in total. The van der Waals surface area contributed by atoms with Gasteiger partial charge in [-0.05, 0) is 37.6 Å². The van der Waals surface area contributed by atoms with Crippen LogP contribution in [0, 0.1) is 0 Å². The van der Waals surface area contributed by atoms with Crippen LogP contribution in [-0.2, 0) is 6.42 Å². The van der Waals surface area contributed by atoms with Gasteiger partial charge in [0, 0.05) is 24.9 Å². The Morgan fingerprint density at radius 2 is 2.05 bits per heavy atom. The Morgan fingerprint density at radius 3 is 2.85 bits per heavy atom. The third kappa shape index (κ3) is 2.88. The second-order valence-electron chi connectivity index (χ2n) is 5.37. The molecule has 1 aliphatic carbocycles. The topological polar surface area (TPSA) is 63.8 Å². The molecule has 0 radical (unpaired) electrons. The molecular weight excluding hydrogens is 252 g/mol. The average molecular weight is 272 g/mol. The maximum atomic E-state index is 5.49. The number of hydrogen-bond donors (Lipinski definition) is 1. The summed E-state index contributed by atoms with van der Waals surface area (Å²) in [4.78, 5) is 8.60. The Balaban J connectivity index is 1.73. The summed E-state index contributed by atoms with van der Waals surface area (Å²) in [5.74, 6) is 1.90. The van der Waals surface area contributed by atoms with Crippen molar-refractivity contribution >= 4 is 0 Å². The zero-order chi connectivity index (χ0) is 13.8. The fourth-order valence-electron chi connectivity index (χ4n) is 2.95. The van der Waals surface area contributed by atoms with E-state index in [0.29, 0.717) is 18.4 Å². The van der Waals surface area contributed by atoms with E-state index in [2.05, 4.69) is 20.4 Å². The summed E-state index contributed by atoms with van der Waals surface area (Å²) >= 11 is 0. The minimum absolute atomic E-state index is 0.354. The molecule has 2 heterocycles. The van der Waals surface area contributed by atoms with E-state index in [0.717, 1.165) is 23.7 Å². The maximum Gasteiger partial charge on any atom is 0.231 e. The zero-order valence-electron chi connectivity index (χ0n) is 11.7. The van der Waals surface area contributed by atoms with Crippen LogP contribution >= 0.6 is 0 Å².